The van der Waals surface area contributed by atoms with Crippen molar-refractivity contribution in [3.8, 4) is 0 Å². The lowest BCUT2D eigenvalue weighted by Crippen LogP contribution is -2.32. The summed E-state index contributed by atoms with van der Waals surface area (Å²) in [4.78, 5) is 0. The Morgan fingerprint density at radius 2 is 1.40 bits per heavy atom. The Hall–Kier alpha value is -1.08. The van der Waals surface area contributed by atoms with Gasteiger partial charge in [0.1, 0.15) is 0 Å². The van der Waals surface area contributed by atoms with E-state index in [9.17, 15) is 0 Å². The Bertz CT molecular complexity index is 584. The molecule has 2 aromatic rings. The van der Waals surface area contributed by atoms with E-state index in [-0.39, 0.29) is 0 Å². The fourth-order valence-electron chi connectivity index (χ4n) is 4.38. The van der Waals surface area contributed by atoms with Crippen molar-refractivity contribution in [1.82, 2.24) is 0 Å². The third-order valence-corrected chi connectivity index (χ3v) is 5.69. The molecule has 3 aliphatic rings. The molecule has 2 bridgehead atoms. The van der Waals surface area contributed by atoms with Crippen molar-refractivity contribution in [3.05, 3.63) is 70.8 Å². The summed E-state index contributed by atoms with van der Waals surface area (Å²) in [6.07, 6.45) is 3.97. The largest absolute Gasteiger partial charge is 0.0928 e. The van der Waals surface area contributed by atoms with Gasteiger partial charge in [-0.25, -0.2) is 0 Å². The molecule has 0 radical (unpaired) electrons. The molecule has 0 amide bonds. The Morgan fingerprint density at radius 1 is 0.850 bits per heavy atom. The molecule has 0 heterocycles. The first-order valence-electron chi connectivity index (χ1n) is 7.63. The highest BCUT2D eigenvalue weighted by Crippen LogP contribution is 2.56. The summed E-state index contributed by atoms with van der Waals surface area (Å²) >= 11 is 3.59. The predicted molar refractivity (Wildman–Crippen MR) is 87.7 cm³/mol. The van der Waals surface area contributed by atoms with Gasteiger partial charge in [0.25, 0.3) is 0 Å². The first-order chi connectivity index (χ1) is 9.90. The SMILES string of the molecule is BrCCCC1CC2c3ccccc3C1c1ccccc12. The van der Waals surface area contributed by atoms with Gasteiger partial charge in [-0.05, 0) is 47.4 Å². The summed E-state index contributed by atoms with van der Waals surface area (Å²) in [6.45, 7) is 0. The first kappa shape index (κ1) is 12.6. The third kappa shape index (κ3) is 1.79. The molecule has 0 saturated heterocycles. The number of halogens is 1. The maximum absolute atomic E-state index is 3.59. The molecule has 1 unspecified atom stereocenters. The number of alkyl halides is 1. The van der Waals surface area contributed by atoms with E-state index in [1.165, 1.54) is 19.3 Å². The van der Waals surface area contributed by atoms with Gasteiger partial charge in [-0.2, -0.15) is 0 Å². The van der Waals surface area contributed by atoms with Gasteiger partial charge < -0.3 is 0 Å². The molecule has 0 N–H and O–H groups in total. The molecule has 3 aliphatic carbocycles. The number of hydrogen-bond acceptors (Lipinski definition) is 0. The van der Waals surface area contributed by atoms with Crippen LogP contribution in [0.2, 0.25) is 0 Å². The Balaban J connectivity index is 1.84. The molecule has 102 valence electrons. The molecule has 0 spiro atoms. The molecule has 0 nitrogen and oxygen atoms in total. The van der Waals surface area contributed by atoms with Crippen molar-refractivity contribution in [1.29, 1.82) is 0 Å². The van der Waals surface area contributed by atoms with Crippen LogP contribution in [0.4, 0.5) is 0 Å². The quantitative estimate of drug-likeness (QED) is 0.657. The Morgan fingerprint density at radius 3 is 1.95 bits per heavy atom. The molecule has 0 aliphatic heterocycles. The van der Waals surface area contributed by atoms with Crippen LogP contribution in [-0.2, 0) is 0 Å². The van der Waals surface area contributed by atoms with E-state index in [4.69, 9.17) is 0 Å². The second-order valence-electron chi connectivity index (χ2n) is 6.12. The van der Waals surface area contributed by atoms with Crippen LogP contribution in [0.3, 0.4) is 0 Å². The van der Waals surface area contributed by atoms with Crippen LogP contribution in [0.5, 0.6) is 0 Å². The summed E-state index contributed by atoms with van der Waals surface area (Å²) in [6, 6.07) is 18.3. The highest BCUT2D eigenvalue weighted by molar-refractivity contribution is 9.09. The number of rotatable bonds is 3. The van der Waals surface area contributed by atoms with Crippen molar-refractivity contribution in [3.63, 3.8) is 0 Å². The minimum absolute atomic E-state index is 0.631. The lowest BCUT2D eigenvalue weighted by atomic mass is 9.58. The van der Waals surface area contributed by atoms with Gasteiger partial charge in [-0.15, -0.1) is 0 Å². The van der Waals surface area contributed by atoms with Gasteiger partial charge in [0.05, 0.1) is 0 Å². The van der Waals surface area contributed by atoms with Crippen LogP contribution in [0.25, 0.3) is 0 Å². The van der Waals surface area contributed by atoms with Gasteiger partial charge in [0.2, 0.25) is 0 Å². The molecule has 0 saturated carbocycles. The molecule has 5 rings (SSSR count). The van der Waals surface area contributed by atoms with Crippen LogP contribution in [-0.4, -0.2) is 5.33 Å². The van der Waals surface area contributed by atoms with Gasteiger partial charge in [0, 0.05) is 17.2 Å². The van der Waals surface area contributed by atoms with Crippen molar-refractivity contribution >= 4 is 15.9 Å². The molecule has 0 aromatic heterocycles. The molecule has 1 atom stereocenters. The molecular weight excluding hydrogens is 308 g/mol. The summed E-state index contributed by atoms with van der Waals surface area (Å²) in [5.41, 5.74) is 6.38. The van der Waals surface area contributed by atoms with Crippen LogP contribution in [0.1, 0.15) is 53.4 Å². The van der Waals surface area contributed by atoms with E-state index in [1.807, 2.05) is 0 Å². The monoisotopic (exact) mass is 326 g/mol. The van der Waals surface area contributed by atoms with Crippen molar-refractivity contribution in [2.75, 3.05) is 5.33 Å². The zero-order valence-electron chi connectivity index (χ0n) is 11.6. The molecule has 1 heteroatoms. The van der Waals surface area contributed by atoms with Gasteiger partial charge in [-0.1, -0.05) is 64.5 Å². The fraction of sp³-hybridized carbons (Fsp3) is 0.368. The summed E-state index contributed by atoms with van der Waals surface area (Å²) in [5, 5.41) is 1.13. The number of fused-ring (bicyclic) bond motifs is 1. The van der Waals surface area contributed by atoms with E-state index >= 15 is 0 Å². The van der Waals surface area contributed by atoms with E-state index in [1.54, 1.807) is 22.3 Å². The smallest absolute Gasteiger partial charge is 0.0124 e. The maximum atomic E-state index is 3.59. The van der Waals surface area contributed by atoms with Crippen LogP contribution in [0, 0.1) is 5.92 Å². The lowest BCUT2D eigenvalue weighted by Gasteiger charge is -2.45. The zero-order chi connectivity index (χ0) is 13.5. The maximum Gasteiger partial charge on any atom is 0.0124 e. The standard InChI is InChI=1S/C19H19Br/c20-11-5-6-13-12-18-14-7-1-3-9-16(14)19(13)17-10-4-2-8-15(17)18/h1-4,7-10,13,18-19H,5-6,11-12H2. The lowest BCUT2D eigenvalue weighted by molar-refractivity contribution is 0.334. The van der Waals surface area contributed by atoms with Crippen LogP contribution >= 0.6 is 15.9 Å². The molecule has 0 fully saturated rings. The van der Waals surface area contributed by atoms with Gasteiger partial charge in [-0.3, -0.25) is 0 Å². The normalized spacial score (nSPS) is 26.1. The minimum Gasteiger partial charge on any atom is -0.0928 e. The highest BCUT2D eigenvalue weighted by Gasteiger charge is 2.42. The van der Waals surface area contributed by atoms with Crippen molar-refractivity contribution < 1.29 is 0 Å². The van der Waals surface area contributed by atoms with Crippen LogP contribution in [0.15, 0.2) is 48.5 Å². The topological polar surface area (TPSA) is 0 Å². The third-order valence-electron chi connectivity index (χ3n) is 5.13. The zero-order valence-corrected chi connectivity index (χ0v) is 13.1. The van der Waals surface area contributed by atoms with E-state index in [2.05, 4.69) is 64.5 Å². The second-order valence-corrected chi connectivity index (χ2v) is 6.91. The summed E-state index contributed by atoms with van der Waals surface area (Å²) in [7, 11) is 0. The van der Waals surface area contributed by atoms with E-state index in [0.29, 0.717) is 11.8 Å². The average Bonchev–Trinajstić information content (AvgIpc) is 2.53. The average molecular weight is 327 g/mol. The predicted octanol–water partition coefficient (Wildman–Crippen LogP) is 5.46. The van der Waals surface area contributed by atoms with Gasteiger partial charge in [0.15, 0.2) is 0 Å². The Kier molecular flexibility index (Phi) is 3.18. The van der Waals surface area contributed by atoms with E-state index in [0.717, 1.165) is 11.2 Å². The fourth-order valence-corrected chi connectivity index (χ4v) is 4.71. The van der Waals surface area contributed by atoms with Crippen molar-refractivity contribution in [2.24, 2.45) is 5.92 Å². The number of benzene rings is 2. The molecular formula is C19H19Br. The first-order valence-corrected chi connectivity index (χ1v) is 8.76. The highest BCUT2D eigenvalue weighted by atomic mass is 79.9. The summed E-state index contributed by atoms with van der Waals surface area (Å²) < 4.78 is 0. The minimum atomic E-state index is 0.631. The Labute approximate surface area is 129 Å². The van der Waals surface area contributed by atoms with Crippen molar-refractivity contribution in [2.45, 2.75) is 31.1 Å². The summed E-state index contributed by atoms with van der Waals surface area (Å²) in [5.74, 6) is 2.08. The van der Waals surface area contributed by atoms with Crippen LogP contribution < -0.4 is 0 Å². The van der Waals surface area contributed by atoms with E-state index < -0.39 is 0 Å². The van der Waals surface area contributed by atoms with Gasteiger partial charge >= 0.3 is 0 Å². The second kappa shape index (κ2) is 5.04. The molecule has 20 heavy (non-hydrogen) atoms. The molecule has 2 aromatic carbocycles. The number of hydrogen-bond donors (Lipinski definition) is 0.